The second-order valence-corrected chi connectivity index (χ2v) is 4.38. The highest BCUT2D eigenvalue weighted by Gasteiger charge is 2.20. The number of fused-ring (bicyclic) bond motifs is 1. The van der Waals surface area contributed by atoms with E-state index in [0.717, 1.165) is 31.1 Å². The lowest BCUT2D eigenvalue weighted by molar-refractivity contribution is 0.416. The maximum Gasteiger partial charge on any atom is 0.144 e. The van der Waals surface area contributed by atoms with Crippen molar-refractivity contribution in [2.24, 2.45) is 5.92 Å². The first-order chi connectivity index (χ1) is 7.76. The number of hydrogen-bond acceptors (Lipinski definition) is 3. The van der Waals surface area contributed by atoms with Crippen molar-refractivity contribution in [2.45, 2.75) is 13.8 Å². The van der Waals surface area contributed by atoms with Gasteiger partial charge in [-0.2, -0.15) is 0 Å². The zero-order valence-corrected chi connectivity index (χ0v) is 10.3. The molecule has 1 heterocycles. The summed E-state index contributed by atoms with van der Waals surface area (Å²) in [6, 6.07) is 6.22. The second-order valence-electron chi connectivity index (χ2n) is 4.38. The summed E-state index contributed by atoms with van der Waals surface area (Å²) in [7, 11) is 1.72. The van der Waals surface area contributed by atoms with Crippen LogP contribution in [0.5, 0.6) is 5.75 Å². The fraction of sp³-hybridized carbons (Fsp3) is 0.538. The Morgan fingerprint density at radius 2 is 2.31 bits per heavy atom. The smallest absolute Gasteiger partial charge is 0.144 e. The van der Waals surface area contributed by atoms with Crippen LogP contribution in [0, 0.1) is 5.92 Å². The molecule has 1 atom stereocenters. The minimum absolute atomic E-state index is 0.650. The fourth-order valence-corrected chi connectivity index (χ4v) is 2.25. The molecule has 1 unspecified atom stereocenters. The number of para-hydroxylation sites is 1. The molecule has 0 fully saturated rings. The molecular formula is C13H20N2O. The number of nitrogens with one attached hydrogen (secondary N) is 1. The van der Waals surface area contributed by atoms with Gasteiger partial charge in [-0.1, -0.05) is 13.0 Å². The number of anilines is 2. The van der Waals surface area contributed by atoms with Crippen LogP contribution in [-0.4, -0.2) is 26.7 Å². The van der Waals surface area contributed by atoms with E-state index in [1.54, 1.807) is 7.11 Å². The average Bonchev–Trinajstić information content (AvgIpc) is 2.48. The average molecular weight is 220 g/mol. The molecule has 0 aliphatic carbocycles. The lowest BCUT2D eigenvalue weighted by atomic mass is 10.2. The van der Waals surface area contributed by atoms with Crippen LogP contribution in [0.3, 0.4) is 0 Å². The topological polar surface area (TPSA) is 24.5 Å². The lowest BCUT2D eigenvalue weighted by Crippen LogP contribution is -2.28. The van der Waals surface area contributed by atoms with Gasteiger partial charge in [-0.3, -0.25) is 0 Å². The van der Waals surface area contributed by atoms with Crippen LogP contribution in [-0.2, 0) is 0 Å². The Balaban J connectivity index is 2.43. The molecule has 0 saturated heterocycles. The van der Waals surface area contributed by atoms with Crippen LogP contribution in [0.15, 0.2) is 18.2 Å². The SMILES string of the molecule is CCN1CC(C)CNc2c(OC)cccc21. The van der Waals surface area contributed by atoms with Crippen molar-refractivity contribution in [2.75, 3.05) is 37.0 Å². The molecular weight excluding hydrogens is 200 g/mol. The van der Waals surface area contributed by atoms with Gasteiger partial charge in [-0.15, -0.1) is 0 Å². The molecule has 1 N–H and O–H groups in total. The Hall–Kier alpha value is -1.38. The zero-order valence-electron chi connectivity index (χ0n) is 10.3. The number of rotatable bonds is 2. The van der Waals surface area contributed by atoms with E-state index in [-0.39, 0.29) is 0 Å². The van der Waals surface area contributed by atoms with Gasteiger partial charge in [0.1, 0.15) is 11.4 Å². The van der Waals surface area contributed by atoms with Crippen LogP contribution in [0.25, 0.3) is 0 Å². The Labute approximate surface area is 97.4 Å². The van der Waals surface area contributed by atoms with Crippen molar-refractivity contribution in [3.8, 4) is 5.75 Å². The summed E-state index contributed by atoms with van der Waals surface area (Å²) in [6.07, 6.45) is 0. The van der Waals surface area contributed by atoms with Gasteiger partial charge >= 0.3 is 0 Å². The second kappa shape index (κ2) is 4.64. The van der Waals surface area contributed by atoms with E-state index < -0.39 is 0 Å². The summed E-state index contributed by atoms with van der Waals surface area (Å²) in [6.45, 7) is 7.61. The van der Waals surface area contributed by atoms with Crippen LogP contribution < -0.4 is 15.0 Å². The number of nitrogens with zero attached hydrogens (tertiary/aromatic N) is 1. The Morgan fingerprint density at radius 3 is 3.00 bits per heavy atom. The number of benzene rings is 1. The van der Waals surface area contributed by atoms with Crippen molar-refractivity contribution >= 4 is 11.4 Å². The first kappa shape index (κ1) is 11.1. The zero-order chi connectivity index (χ0) is 11.5. The van der Waals surface area contributed by atoms with E-state index in [0.29, 0.717) is 5.92 Å². The summed E-state index contributed by atoms with van der Waals surface area (Å²) >= 11 is 0. The third-order valence-electron chi connectivity index (χ3n) is 3.11. The molecule has 16 heavy (non-hydrogen) atoms. The van der Waals surface area contributed by atoms with Gasteiger partial charge in [0.25, 0.3) is 0 Å². The van der Waals surface area contributed by atoms with Crippen LogP contribution in [0.2, 0.25) is 0 Å². The lowest BCUT2D eigenvalue weighted by Gasteiger charge is -2.24. The highest BCUT2D eigenvalue weighted by atomic mass is 16.5. The molecule has 0 saturated carbocycles. The van der Waals surface area contributed by atoms with Gasteiger partial charge in [-0.05, 0) is 25.0 Å². The maximum absolute atomic E-state index is 5.41. The molecule has 88 valence electrons. The third-order valence-corrected chi connectivity index (χ3v) is 3.11. The Kier molecular flexibility index (Phi) is 3.22. The van der Waals surface area contributed by atoms with E-state index >= 15 is 0 Å². The van der Waals surface area contributed by atoms with Crippen LogP contribution in [0.1, 0.15) is 13.8 Å². The number of methoxy groups -OCH3 is 1. The molecule has 1 aliphatic rings. The van der Waals surface area contributed by atoms with Crippen LogP contribution >= 0.6 is 0 Å². The van der Waals surface area contributed by atoms with Gasteiger partial charge in [-0.25, -0.2) is 0 Å². The number of hydrogen-bond donors (Lipinski definition) is 1. The van der Waals surface area contributed by atoms with E-state index in [2.05, 4.69) is 36.2 Å². The van der Waals surface area contributed by atoms with Crippen molar-refractivity contribution in [1.29, 1.82) is 0 Å². The molecule has 3 nitrogen and oxygen atoms in total. The van der Waals surface area contributed by atoms with Crippen molar-refractivity contribution in [3.63, 3.8) is 0 Å². The van der Waals surface area contributed by atoms with Gasteiger partial charge in [0.15, 0.2) is 0 Å². The molecule has 0 radical (unpaired) electrons. The predicted octanol–water partition coefficient (Wildman–Crippen LogP) is 2.58. The molecule has 1 aliphatic heterocycles. The Morgan fingerprint density at radius 1 is 1.50 bits per heavy atom. The first-order valence-corrected chi connectivity index (χ1v) is 5.92. The number of ether oxygens (including phenoxy) is 1. The van der Waals surface area contributed by atoms with Crippen molar-refractivity contribution < 1.29 is 4.74 Å². The maximum atomic E-state index is 5.41. The van der Waals surface area contributed by atoms with E-state index in [1.807, 2.05) is 6.07 Å². The molecule has 0 bridgehead atoms. The highest BCUT2D eigenvalue weighted by molar-refractivity contribution is 5.77. The standard InChI is InChI=1S/C13H20N2O/c1-4-15-9-10(2)8-14-13-11(15)6-5-7-12(13)16-3/h5-7,10,14H,4,8-9H2,1-3H3. The predicted molar refractivity (Wildman–Crippen MR) is 68.5 cm³/mol. The Bertz CT molecular complexity index is 365. The molecule has 0 spiro atoms. The van der Waals surface area contributed by atoms with Gasteiger partial charge in [0.05, 0.1) is 12.8 Å². The summed E-state index contributed by atoms with van der Waals surface area (Å²) in [5, 5.41) is 3.49. The van der Waals surface area contributed by atoms with Gasteiger partial charge in [0.2, 0.25) is 0 Å². The molecule has 2 rings (SSSR count). The van der Waals surface area contributed by atoms with Crippen LogP contribution in [0.4, 0.5) is 11.4 Å². The van der Waals surface area contributed by atoms with Crippen molar-refractivity contribution in [1.82, 2.24) is 0 Å². The largest absolute Gasteiger partial charge is 0.495 e. The monoisotopic (exact) mass is 220 g/mol. The molecule has 0 aromatic heterocycles. The molecule has 3 heteroatoms. The fourth-order valence-electron chi connectivity index (χ4n) is 2.25. The molecule has 0 amide bonds. The minimum Gasteiger partial charge on any atom is -0.495 e. The summed E-state index contributed by atoms with van der Waals surface area (Å²) in [5.41, 5.74) is 2.39. The van der Waals surface area contributed by atoms with E-state index in [1.165, 1.54) is 5.69 Å². The quantitative estimate of drug-likeness (QED) is 0.829. The minimum atomic E-state index is 0.650. The van der Waals surface area contributed by atoms with E-state index in [9.17, 15) is 0 Å². The first-order valence-electron chi connectivity index (χ1n) is 5.92. The summed E-state index contributed by atoms with van der Waals surface area (Å²) < 4.78 is 5.41. The van der Waals surface area contributed by atoms with Crippen molar-refractivity contribution in [3.05, 3.63) is 18.2 Å². The van der Waals surface area contributed by atoms with Gasteiger partial charge < -0.3 is 15.0 Å². The third kappa shape index (κ3) is 1.94. The highest BCUT2D eigenvalue weighted by Crippen LogP contribution is 2.37. The molecule has 1 aromatic carbocycles. The summed E-state index contributed by atoms with van der Waals surface area (Å²) in [4.78, 5) is 2.41. The molecule has 1 aromatic rings. The normalized spacial score (nSPS) is 19.7. The van der Waals surface area contributed by atoms with E-state index in [4.69, 9.17) is 4.74 Å². The van der Waals surface area contributed by atoms with Gasteiger partial charge in [0, 0.05) is 19.6 Å². The summed E-state index contributed by atoms with van der Waals surface area (Å²) in [5.74, 6) is 1.59.